The molecule has 0 radical (unpaired) electrons. The highest BCUT2D eigenvalue weighted by atomic mass is 79.9. The number of amides is 1. The first kappa shape index (κ1) is 21.7. The molecule has 0 saturated carbocycles. The third-order valence-corrected chi connectivity index (χ3v) is 3.40. The number of hydrogen-bond acceptors (Lipinski definition) is 4. The lowest BCUT2D eigenvalue weighted by molar-refractivity contribution is -0.137. The minimum absolute atomic E-state index is 0.150. The number of alkyl halides is 3. The highest BCUT2D eigenvalue weighted by Crippen LogP contribution is 2.31. The monoisotopic (exact) mass is 425 g/mol. The largest absolute Gasteiger partial charge is 0.444 e. The van der Waals surface area contributed by atoms with Gasteiger partial charge in [0.15, 0.2) is 0 Å². The average molecular weight is 426 g/mol. The van der Waals surface area contributed by atoms with Crippen LogP contribution in [0.1, 0.15) is 38.4 Å². The fourth-order valence-corrected chi connectivity index (χ4v) is 2.48. The molecule has 1 amide bonds. The van der Waals surface area contributed by atoms with Crippen LogP contribution in [0.25, 0.3) is 0 Å². The number of hydrogen-bond donors (Lipinski definition) is 1. The lowest BCUT2D eigenvalue weighted by Gasteiger charge is -2.20. The zero-order valence-corrected chi connectivity index (χ0v) is 16.3. The number of carbonyl (C=O) groups excluding carboxylic acids is 1. The van der Waals surface area contributed by atoms with Gasteiger partial charge in [-0.25, -0.2) is 9.78 Å². The predicted octanol–water partition coefficient (Wildman–Crippen LogP) is 4.21. The number of rotatable bonds is 6. The highest BCUT2D eigenvalue weighted by Gasteiger charge is 2.31. The number of halogens is 4. The van der Waals surface area contributed by atoms with E-state index in [0.29, 0.717) is 25.2 Å². The molecule has 1 heterocycles. The van der Waals surface area contributed by atoms with Crippen LogP contribution < -0.4 is 5.32 Å². The third-order valence-electron chi connectivity index (χ3n) is 2.99. The highest BCUT2D eigenvalue weighted by molar-refractivity contribution is 9.10. The smallest absolute Gasteiger partial charge is 0.416 e. The van der Waals surface area contributed by atoms with Crippen LogP contribution in [0.2, 0.25) is 0 Å². The summed E-state index contributed by atoms with van der Waals surface area (Å²) in [6.45, 7) is 6.61. The van der Waals surface area contributed by atoms with Crippen molar-refractivity contribution in [3.63, 3.8) is 0 Å². The Bertz CT molecular complexity index is 589. The number of pyridine rings is 1. The van der Waals surface area contributed by atoms with Gasteiger partial charge in [-0.3, -0.25) is 0 Å². The summed E-state index contributed by atoms with van der Waals surface area (Å²) in [6.07, 6.45) is -4.26. The molecule has 1 rings (SSSR count). The Balaban J connectivity index is 2.44. The normalized spacial score (nSPS) is 12.4. The number of aromatic nitrogens is 1. The molecular formula is C16H23BrF3N3O2. The van der Waals surface area contributed by atoms with E-state index in [2.05, 4.69) is 26.2 Å². The van der Waals surface area contributed by atoms with Gasteiger partial charge in [0.25, 0.3) is 0 Å². The van der Waals surface area contributed by atoms with Crippen molar-refractivity contribution in [3.8, 4) is 0 Å². The lowest BCUT2D eigenvalue weighted by atomic mass is 10.2. The molecular weight excluding hydrogens is 403 g/mol. The zero-order valence-electron chi connectivity index (χ0n) is 14.7. The molecule has 0 fully saturated rings. The first-order valence-electron chi connectivity index (χ1n) is 7.76. The Hall–Kier alpha value is -1.35. The van der Waals surface area contributed by atoms with Gasteiger partial charge in [0.1, 0.15) is 10.2 Å². The maximum absolute atomic E-state index is 12.8. The first-order valence-corrected chi connectivity index (χ1v) is 8.55. The van der Waals surface area contributed by atoms with Gasteiger partial charge >= 0.3 is 12.3 Å². The van der Waals surface area contributed by atoms with Crippen molar-refractivity contribution in [2.45, 2.75) is 45.5 Å². The summed E-state index contributed by atoms with van der Waals surface area (Å²) in [5, 5.41) is 2.64. The standard InChI is InChI=1S/C16H23BrF3N3O2/c1-15(2,3)25-14(24)21-6-5-7-23(4)10-12-8-11(16(18,19)20)9-13(17)22-12/h8-9H,5-7,10H2,1-4H3,(H,21,24). The molecule has 142 valence electrons. The molecule has 0 aliphatic rings. The molecule has 9 heteroatoms. The quantitative estimate of drug-likeness (QED) is 0.547. The average Bonchev–Trinajstić information content (AvgIpc) is 2.40. The van der Waals surface area contributed by atoms with Crippen molar-refractivity contribution < 1.29 is 22.7 Å². The first-order chi connectivity index (χ1) is 11.4. The molecule has 0 unspecified atom stereocenters. The topological polar surface area (TPSA) is 54.5 Å². The Morgan fingerprint density at radius 1 is 1.32 bits per heavy atom. The van der Waals surface area contributed by atoms with E-state index in [4.69, 9.17) is 4.74 Å². The summed E-state index contributed by atoms with van der Waals surface area (Å²) in [5.74, 6) is 0. The van der Waals surface area contributed by atoms with Crippen molar-refractivity contribution >= 4 is 22.0 Å². The minimum atomic E-state index is -4.41. The summed E-state index contributed by atoms with van der Waals surface area (Å²) in [7, 11) is 1.78. The Morgan fingerprint density at radius 2 is 1.96 bits per heavy atom. The molecule has 0 aliphatic carbocycles. The summed E-state index contributed by atoms with van der Waals surface area (Å²) >= 11 is 3.01. The van der Waals surface area contributed by atoms with Gasteiger partial charge in [-0.15, -0.1) is 0 Å². The second-order valence-corrected chi connectivity index (χ2v) is 7.50. The van der Waals surface area contributed by atoms with Crippen molar-refractivity contribution in [2.75, 3.05) is 20.1 Å². The van der Waals surface area contributed by atoms with E-state index >= 15 is 0 Å². The van der Waals surface area contributed by atoms with Crippen LogP contribution in [0.15, 0.2) is 16.7 Å². The summed E-state index contributed by atoms with van der Waals surface area (Å²) < 4.78 is 43.7. The van der Waals surface area contributed by atoms with Gasteiger partial charge in [0.05, 0.1) is 11.3 Å². The second kappa shape index (κ2) is 8.84. The molecule has 0 aliphatic heterocycles. The number of ether oxygens (including phenoxy) is 1. The van der Waals surface area contributed by atoms with Gasteiger partial charge in [-0.2, -0.15) is 13.2 Å². The van der Waals surface area contributed by atoms with Crippen LogP contribution in [0.5, 0.6) is 0 Å². The van der Waals surface area contributed by atoms with Crippen molar-refractivity contribution in [1.29, 1.82) is 0 Å². The molecule has 0 bridgehead atoms. The number of nitrogens with zero attached hydrogens (tertiary/aromatic N) is 2. The van der Waals surface area contributed by atoms with E-state index < -0.39 is 23.4 Å². The number of nitrogens with one attached hydrogen (secondary N) is 1. The van der Waals surface area contributed by atoms with E-state index in [1.807, 2.05) is 4.90 Å². The Morgan fingerprint density at radius 3 is 2.52 bits per heavy atom. The van der Waals surface area contributed by atoms with E-state index in [9.17, 15) is 18.0 Å². The van der Waals surface area contributed by atoms with Crippen LogP contribution in [0.3, 0.4) is 0 Å². The molecule has 1 aromatic heterocycles. The number of carbonyl (C=O) groups is 1. The van der Waals surface area contributed by atoms with Gasteiger partial charge in [0, 0.05) is 13.1 Å². The van der Waals surface area contributed by atoms with Crippen molar-refractivity contribution in [1.82, 2.24) is 15.2 Å². The fourth-order valence-electron chi connectivity index (χ4n) is 2.01. The van der Waals surface area contributed by atoms with Crippen LogP contribution in [-0.4, -0.2) is 41.7 Å². The van der Waals surface area contributed by atoms with Gasteiger partial charge in [-0.05, 0) is 68.8 Å². The lowest BCUT2D eigenvalue weighted by Crippen LogP contribution is -2.34. The molecule has 5 nitrogen and oxygen atoms in total. The van der Waals surface area contributed by atoms with Crippen LogP contribution in [0.4, 0.5) is 18.0 Å². The van der Waals surface area contributed by atoms with Gasteiger partial charge in [-0.1, -0.05) is 0 Å². The van der Waals surface area contributed by atoms with E-state index in [-0.39, 0.29) is 11.1 Å². The second-order valence-electron chi connectivity index (χ2n) is 6.69. The fraction of sp³-hybridized carbons (Fsp3) is 0.625. The van der Waals surface area contributed by atoms with Crippen LogP contribution >= 0.6 is 15.9 Å². The number of alkyl carbamates (subject to hydrolysis) is 1. The SMILES string of the molecule is CN(CCCNC(=O)OC(C)(C)C)Cc1cc(C(F)(F)F)cc(Br)n1. The molecule has 25 heavy (non-hydrogen) atoms. The Labute approximate surface area is 154 Å². The van der Waals surface area contributed by atoms with Crippen LogP contribution in [-0.2, 0) is 17.5 Å². The molecule has 1 N–H and O–H groups in total. The predicted molar refractivity (Wildman–Crippen MR) is 92.1 cm³/mol. The van der Waals surface area contributed by atoms with Crippen LogP contribution in [0, 0.1) is 0 Å². The molecule has 0 aromatic carbocycles. The van der Waals surface area contributed by atoms with E-state index in [1.54, 1.807) is 27.8 Å². The van der Waals surface area contributed by atoms with Gasteiger partial charge in [0.2, 0.25) is 0 Å². The summed E-state index contributed by atoms with van der Waals surface area (Å²) in [5.41, 5.74) is -0.961. The van der Waals surface area contributed by atoms with Crippen molar-refractivity contribution in [3.05, 3.63) is 28.0 Å². The van der Waals surface area contributed by atoms with E-state index in [0.717, 1.165) is 12.1 Å². The van der Waals surface area contributed by atoms with Gasteiger partial charge < -0.3 is 15.0 Å². The maximum Gasteiger partial charge on any atom is 0.416 e. The molecule has 1 aromatic rings. The Kier molecular flexibility index (Phi) is 7.67. The zero-order chi connectivity index (χ0) is 19.3. The molecule has 0 spiro atoms. The third kappa shape index (κ3) is 9.06. The van der Waals surface area contributed by atoms with E-state index in [1.165, 1.54) is 0 Å². The summed E-state index contributed by atoms with van der Waals surface area (Å²) in [4.78, 5) is 17.4. The van der Waals surface area contributed by atoms with Crippen molar-refractivity contribution in [2.24, 2.45) is 0 Å². The molecule has 0 saturated heterocycles. The maximum atomic E-state index is 12.8. The summed E-state index contributed by atoms with van der Waals surface area (Å²) in [6, 6.07) is 1.99. The minimum Gasteiger partial charge on any atom is -0.444 e. The molecule has 0 atom stereocenters.